The van der Waals surface area contributed by atoms with Crippen LogP contribution >= 0.6 is 0 Å². The number of carbonyl (C=O) groups is 1. The highest BCUT2D eigenvalue weighted by Crippen LogP contribution is 2.20. The summed E-state index contributed by atoms with van der Waals surface area (Å²) in [4.78, 5) is 13.5. The Bertz CT molecular complexity index is 556. The molecule has 6 heteroatoms. The molecule has 0 aliphatic carbocycles. The summed E-state index contributed by atoms with van der Waals surface area (Å²) in [5.41, 5.74) is 5.75. The van der Waals surface area contributed by atoms with E-state index in [9.17, 15) is 4.79 Å². The molecule has 0 unspecified atom stereocenters. The quantitative estimate of drug-likeness (QED) is 0.827. The van der Waals surface area contributed by atoms with Crippen LogP contribution in [0.2, 0.25) is 0 Å². The Morgan fingerprint density at radius 1 is 1.52 bits per heavy atom. The number of nitrogens with two attached hydrogens (primary N) is 1. The molecule has 0 bridgehead atoms. The van der Waals surface area contributed by atoms with Gasteiger partial charge in [0.2, 0.25) is 0 Å². The van der Waals surface area contributed by atoms with Crippen molar-refractivity contribution < 1.29 is 9.53 Å². The fraction of sp³-hybridized carbons (Fsp3) is 0.600. The van der Waals surface area contributed by atoms with Gasteiger partial charge in [-0.15, -0.1) is 0 Å². The lowest BCUT2D eigenvalue weighted by Crippen LogP contribution is -2.52. The van der Waals surface area contributed by atoms with Crippen LogP contribution in [0, 0.1) is 17.8 Å². The topological polar surface area (TPSA) is 73.4 Å². The Kier molecular flexibility index (Phi) is 4.53. The van der Waals surface area contributed by atoms with Gasteiger partial charge in [0.1, 0.15) is 5.60 Å². The zero-order valence-corrected chi connectivity index (χ0v) is 12.8. The molecule has 0 aromatic carbocycles. The molecule has 1 aliphatic rings. The fourth-order valence-corrected chi connectivity index (χ4v) is 2.11. The summed E-state index contributed by atoms with van der Waals surface area (Å²) in [5.74, 6) is 6.15. The molecule has 0 spiro atoms. The van der Waals surface area contributed by atoms with Crippen molar-refractivity contribution in [2.75, 3.05) is 19.6 Å². The number of aromatic nitrogens is 2. The standard InChI is InChI=1S/C15H22N4O2/c1-15(2,3)21-14(20)18-8-13(9-18)11-19-10-12(7-17-19)5-4-6-16/h7,10,13H,6,8-9,11,16H2,1-3H3. The largest absolute Gasteiger partial charge is 0.444 e. The lowest BCUT2D eigenvalue weighted by atomic mass is 10.0. The predicted molar refractivity (Wildman–Crippen MR) is 79.5 cm³/mol. The first-order valence-electron chi connectivity index (χ1n) is 7.06. The van der Waals surface area contributed by atoms with Crippen LogP contribution in [-0.4, -0.2) is 46.0 Å². The molecule has 1 aromatic heterocycles. The van der Waals surface area contributed by atoms with Crippen LogP contribution in [-0.2, 0) is 11.3 Å². The monoisotopic (exact) mass is 290 g/mol. The summed E-state index contributed by atoms with van der Waals surface area (Å²) in [7, 11) is 0. The van der Waals surface area contributed by atoms with Crippen molar-refractivity contribution in [1.29, 1.82) is 0 Å². The van der Waals surface area contributed by atoms with Crippen molar-refractivity contribution in [3.8, 4) is 11.8 Å². The molecule has 1 aliphatic heterocycles. The summed E-state index contributed by atoms with van der Waals surface area (Å²) in [5, 5.41) is 4.26. The maximum absolute atomic E-state index is 11.8. The molecule has 6 nitrogen and oxygen atoms in total. The van der Waals surface area contributed by atoms with E-state index >= 15 is 0 Å². The third kappa shape index (κ3) is 4.50. The van der Waals surface area contributed by atoms with Gasteiger partial charge in [-0.25, -0.2) is 4.79 Å². The summed E-state index contributed by atoms with van der Waals surface area (Å²) < 4.78 is 7.18. The van der Waals surface area contributed by atoms with E-state index in [0.29, 0.717) is 25.6 Å². The van der Waals surface area contributed by atoms with Crippen LogP contribution in [0.25, 0.3) is 0 Å². The first-order chi connectivity index (χ1) is 9.87. The fourth-order valence-electron chi connectivity index (χ4n) is 2.11. The SMILES string of the molecule is CC(C)(C)OC(=O)N1CC(Cn2cc(C#CCN)cn2)C1. The summed E-state index contributed by atoms with van der Waals surface area (Å²) in [6, 6.07) is 0. The van der Waals surface area contributed by atoms with Crippen LogP contribution in [0.1, 0.15) is 26.3 Å². The van der Waals surface area contributed by atoms with Gasteiger partial charge in [-0.05, 0) is 20.8 Å². The normalized spacial score (nSPS) is 15.1. The number of ether oxygens (including phenoxy) is 1. The molecular formula is C15H22N4O2. The van der Waals surface area contributed by atoms with Gasteiger partial charge < -0.3 is 15.4 Å². The maximum Gasteiger partial charge on any atom is 0.410 e. The van der Waals surface area contributed by atoms with Crippen molar-refractivity contribution in [3.05, 3.63) is 18.0 Å². The van der Waals surface area contributed by atoms with Gasteiger partial charge in [-0.1, -0.05) is 11.8 Å². The number of hydrogen-bond donors (Lipinski definition) is 1. The lowest BCUT2D eigenvalue weighted by Gasteiger charge is -2.39. The lowest BCUT2D eigenvalue weighted by molar-refractivity contribution is -0.00383. The van der Waals surface area contributed by atoms with Gasteiger partial charge >= 0.3 is 6.09 Å². The number of hydrogen-bond acceptors (Lipinski definition) is 4. The molecule has 21 heavy (non-hydrogen) atoms. The highest BCUT2D eigenvalue weighted by atomic mass is 16.6. The van der Waals surface area contributed by atoms with Crippen molar-refractivity contribution in [2.24, 2.45) is 11.7 Å². The van der Waals surface area contributed by atoms with Crippen LogP contribution in [0.3, 0.4) is 0 Å². The van der Waals surface area contributed by atoms with Crippen molar-refractivity contribution in [3.63, 3.8) is 0 Å². The average Bonchev–Trinajstić information content (AvgIpc) is 2.76. The summed E-state index contributed by atoms with van der Waals surface area (Å²) >= 11 is 0. The van der Waals surface area contributed by atoms with Gasteiger partial charge in [0.15, 0.2) is 0 Å². The molecule has 0 atom stereocenters. The van der Waals surface area contributed by atoms with E-state index in [-0.39, 0.29) is 6.09 Å². The third-order valence-electron chi connectivity index (χ3n) is 3.02. The second-order valence-corrected chi connectivity index (χ2v) is 6.21. The minimum atomic E-state index is -0.444. The molecule has 1 saturated heterocycles. The minimum absolute atomic E-state index is 0.242. The second kappa shape index (κ2) is 6.19. The van der Waals surface area contributed by atoms with Crippen LogP contribution in [0.5, 0.6) is 0 Å². The zero-order chi connectivity index (χ0) is 15.5. The number of rotatable bonds is 2. The zero-order valence-electron chi connectivity index (χ0n) is 12.8. The molecule has 114 valence electrons. The maximum atomic E-state index is 11.8. The third-order valence-corrected chi connectivity index (χ3v) is 3.02. The number of nitrogens with zero attached hydrogens (tertiary/aromatic N) is 3. The van der Waals surface area contributed by atoms with Gasteiger partial charge in [0.05, 0.1) is 18.3 Å². The highest BCUT2D eigenvalue weighted by molar-refractivity contribution is 5.69. The molecule has 1 aromatic rings. The van der Waals surface area contributed by atoms with E-state index in [4.69, 9.17) is 10.5 Å². The van der Waals surface area contributed by atoms with Crippen molar-refractivity contribution >= 4 is 6.09 Å². The Balaban J connectivity index is 1.78. The summed E-state index contributed by atoms with van der Waals surface area (Å²) in [6.07, 6.45) is 3.39. The van der Waals surface area contributed by atoms with Gasteiger partial charge in [0, 0.05) is 31.7 Å². The molecule has 0 saturated carbocycles. The van der Waals surface area contributed by atoms with Gasteiger partial charge in [-0.3, -0.25) is 4.68 Å². The number of likely N-dealkylation sites (tertiary alicyclic amines) is 1. The Hall–Kier alpha value is -2.00. The Morgan fingerprint density at radius 3 is 2.86 bits per heavy atom. The minimum Gasteiger partial charge on any atom is -0.444 e. The number of amides is 1. The molecular weight excluding hydrogens is 268 g/mol. The van der Waals surface area contributed by atoms with E-state index in [1.165, 1.54) is 0 Å². The van der Waals surface area contributed by atoms with Gasteiger partial charge in [-0.2, -0.15) is 5.10 Å². The number of carbonyl (C=O) groups excluding carboxylic acids is 1. The van der Waals surface area contributed by atoms with Crippen LogP contribution < -0.4 is 5.73 Å². The first kappa shape index (κ1) is 15.4. The summed E-state index contributed by atoms with van der Waals surface area (Å²) in [6.45, 7) is 8.15. The van der Waals surface area contributed by atoms with Gasteiger partial charge in [0.25, 0.3) is 0 Å². The van der Waals surface area contributed by atoms with E-state index in [1.54, 1.807) is 11.1 Å². The predicted octanol–water partition coefficient (Wildman–Crippen LogP) is 1.06. The molecule has 1 amide bonds. The second-order valence-electron chi connectivity index (χ2n) is 6.21. The van der Waals surface area contributed by atoms with E-state index in [0.717, 1.165) is 12.1 Å². The molecule has 2 heterocycles. The Labute approximate surface area is 125 Å². The molecule has 2 rings (SSSR count). The average molecular weight is 290 g/mol. The van der Waals surface area contributed by atoms with Crippen LogP contribution in [0.15, 0.2) is 12.4 Å². The van der Waals surface area contributed by atoms with Crippen molar-refractivity contribution in [1.82, 2.24) is 14.7 Å². The highest BCUT2D eigenvalue weighted by Gasteiger charge is 2.33. The first-order valence-corrected chi connectivity index (χ1v) is 7.06. The van der Waals surface area contributed by atoms with E-state index in [1.807, 2.05) is 31.6 Å². The van der Waals surface area contributed by atoms with E-state index < -0.39 is 5.60 Å². The van der Waals surface area contributed by atoms with E-state index in [2.05, 4.69) is 16.9 Å². The Morgan fingerprint density at radius 2 is 2.24 bits per heavy atom. The molecule has 0 radical (unpaired) electrons. The van der Waals surface area contributed by atoms with Crippen molar-refractivity contribution in [2.45, 2.75) is 32.9 Å². The smallest absolute Gasteiger partial charge is 0.410 e. The molecule has 2 N–H and O–H groups in total. The molecule has 1 fully saturated rings. The van der Waals surface area contributed by atoms with Crippen LogP contribution in [0.4, 0.5) is 4.79 Å².